The Labute approximate surface area is 333 Å². The highest BCUT2D eigenvalue weighted by atomic mass is 35.5. The largest absolute Gasteiger partial charge is 0.497 e. The van der Waals surface area contributed by atoms with Crippen molar-refractivity contribution in [3.63, 3.8) is 0 Å². The average Bonchev–Trinajstić information content (AvgIpc) is 3.77. The van der Waals surface area contributed by atoms with Gasteiger partial charge in [-0.05, 0) is 68.4 Å². The van der Waals surface area contributed by atoms with Crippen LogP contribution in [0.1, 0.15) is 44.3 Å². The molecule has 0 saturated carbocycles. The van der Waals surface area contributed by atoms with Crippen molar-refractivity contribution < 1.29 is 28.3 Å². The Morgan fingerprint density at radius 1 is 0.804 bits per heavy atom. The molecule has 4 aromatic carbocycles. The molecule has 2 atom stereocenters. The standard InChI is InChI=1S/C39H34ClFN8O5S2/c1-21(48(25-16-19-27(40)28(41)20-25)37-45-33(42)31(55-37)30(51)23-14-17-26(54-3)18-15-23)35(52)47-39(2,36(44)53)49(24-12-8-5-9-13-24)38-46-34(43)32(56-38)29(50)22-10-6-4-7-11-22/h4-21H,42-43H2,1-3H3,(H2,44,53)(H,47,52)/t21?,39-/m0/s1. The number of nitrogens with one attached hydrogen (secondary N) is 1. The number of para-hydroxylation sites is 1. The van der Waals surface area contributed by atoms with Crippen LogP contribution in [0.25, 0.3) is 0 Å². The third-order valence-electron chi connectivity index (χ3n) is 8.74. The van der Waals surface area contributed by atoms with E-state index >= 15 is 4.39 Å². The van der Waals surface area contributed by atoms with E-state index in [1.807, 2.05) is 0 Å². The zero-order valence-electron chi connectivity index (χ0n) is 30.0. The van der Waals surface area contributed by atoms with Crippen LogP contribution in [0.3, 0.4) is 0 Å². The first-order valence-electron chi connectivity index (χ1n) is 16.8. The van der Waals surface area contributed by atoms with E-state index in [0.29, 0.717) is 22.6 Å². The second kappa shape index (κ2) is 16.2. The lowest BCUT2D eigenvalue weighted by Crippen LogP contribution is -2.66. The van der Waals surface area contributed by atoms with Crippen LogP contribution >= 0.6 is 34.3 Å². The molecule has 7 N–H and O–H groups in total. The molecule has 0 aliphatic carbocycles. The van der Waals surface area contributed by atoms with E-state index in [1.54, 1.807) is 84.9 Å². The average molecular weight is 813 g/mol. The summed E-state index contributed by atoms with van der Waals surface area (Å²) in [7, 11) is 1.50. The van der Waals surface area contributed by atoms with Gasteiger partial charge < -0.3 is 32.2 Å². The molecule has 286 valence electrons. The summed E-state index contributed by atoms with van der Waals surface area (Å²) in [6, 6.07) is 25.9. The number of nitrogens with two attached hydrogens (primary N) is 3. The summed E-state index contributed by atoms with van der Waals surface area (Å²) in [5.74, 6) is -3.09. The number of rotatable bonds is 14. The number of nitrogens with zero attached hydrogens (tertiary/aromatic N) is 4. The monoisotopic (exact) mass is 812 g/mol. The summed E-state index contributed by atoms with van der Waals surface area (Å²) in [6.07, 6.45) is 0. The summed E-state index contributed by atoms with van der Waals surface area (Å²) in [4.78, 5) is 67.0. The molecule has 2 heterocycles. The minimum Gasteiger partial charge on any atom is -0.497 e. The first-order chi connectivity index (χ1) is 26.7. The number of primary amides is 1. The summed E-state index contributed by atoms with van der Waals surface area (Å²) in [6.45, 7) is 2.86. The predicted octanol–water partition coefficient (Wildman–Crippen LogP) is 6.71. The van der Waals surface area contributed by atoms with E-state index in [4.69, 9.17) is 33.5 Å². The van der Waals surface area contributed by atoms with Crippen LogP contribution in [0, 0.1) is 5.82 Å². The highest BCUT2D eigenvalue weighted by Gasteiger charge is 2.44. The van der Waals surface area contributed by atoms with Gasteiger partial charge in [-0.3, -0.25) is 24.1 Å². The van der Waals surface area contributed by atoms with Crippen molar-refractivity contribution in [2.45, 2.75) is 25.6 Å². The Morgan fingerprint density at radius 3 is 1.89 bits per heavy atom. The fraction of sp³-hybridized carbons (Fsp3) is 0.128. The van der Waals surface area contributed by atoms with Gasteiger partial charge in [0.05, 0.1) is 12.1 Å². The lowest BCUT2D eigenvalue weighted by atomic mass is 10.1. The molecule has 0 radical (unpaired) electrons. The van der Waals surface area contributed by atoms with E-state index in [1.165, 1.54) is 42.9 Å². The summed E-state index contributed by atoms with van der Waals surface area (Å²) < 4.78 is 20.2. The van der Waals surface area contributed by atoms with Crippen LogP contribution in [-0.4, -0.2) is 52.2 Å². The van der Waals surface area contributed by atoms with E-state index in [-0.39, 0.29) is 42.4 Å². The van der Waals surface area contributed by atoms with Gasteiger partial charge in [-0.1, -0.05) is 82.8 Å². The Morgan fingerprint density at radius 2 is 1.34 bits per heavy atom. The summed E-state index contributed by atoms with van der Waals surface area (Å²) in [5, 5.41) is 2.72. The van der Waals surface area contributed by atoms with Crippen molar-refractivity contribution in [1.29, 1.82) is 0 Å². The normalized spacial score (nSPS) is 12.6. The number of benzene rings is 4. The molecule has 6 rings (SSSR count). The topological polar surface area (TPSA) is 200 Å². The second-order valence-electron chi connectivity index (χ2n) is 12.4. The van der Waals surface area contributed by atoms with E-state index in [0.717, 1.165) is 28.7 Å². The molecule has 0 spiro atoms. The van der Waals surface area contributed by atoms with Gasteiger partial charge in [0.2, 0.25) is 17.5 Å². The second-order valence-corrected chi connectivity index (χ2v) is 14.8. The number of hydrogen-bond donors (Lipinski definition) is 4. The number of carbonyl (C=O) groups is 4. The SMILES string of the molecule is COc1ccc(C(=O)c2sc(N(c3ccc(Cl)c(F)c3)C(C)C(=O)N[C@](C)(C(N)=O)N(c3ccccc3)c3nc(N)c(C(=O)c4ccccc4)s3)nc2N)cc1. The lowest BCUT2D eigenvalue weighted by Gasteiger charge is -2.40. The van der Waals surface area contributed by atoms with Gasteiger partial charge in [0.25, 0.3) is 5.91 Å². The number of amides is 2. The number of thiazole rings is 2. The molecular weight excluding hydrogens is 779 g/mol. The zero-order valence-corrected chi connectivity index (χ0v) is 32.4. The third kappa shape index (κ3) is 7.75. The zero-order chi connectivity index (χ0) is 40.3. The summed E-state index contributed by atoms with van der Waals surface area (Å²) >= 11 is 7.81. The molecule has 1 unspecified atom stereocenters. The molecule has 56 heavy (non-hydrogen) atoms. The maximum absolute atomic E-state index is 15.0. The van der Waals surface area contributed by atoms with Gasteiger partial charge >= 0.3 is 0 Å². The fourth-order valence-corrected chi connectivity index (χ4v) is 7.95. The first kappa shape index (κ1) is 39.3. The molecule has 0 saturated heterocycles. The van der Waals surface area contributed by atoms with Crippen molar-refractivity contribution in [3.05, 3.63) is 135 Å². The number of anilines is 6. The molecule has 13 nitrogen and oxygen atoms in total. The van der Waals surface area contributed by atoms with Crippen molar-refractivity contribution in [3.8, 4) is 5.75 Å². The third-order valence-corrected chi connectivity index (χ3v) is 11.2. The molecule has 17 heteroatoms. The predicted molar refractivity (Wildman–Crippen MR) is 217 cm³/mol. The molecule has 0 aliphatic rings. The van der Waals surface area contributed by atoms with Gasteiger partial charge in [-0.2, -0.15) is 0 Å². The number of nitrogen functional groups attached to an aromatic ring is 2. The van der Waals surface area contributed by atoms with Gasteiger partial charge in [0.1, 0.15) is 39.0 Å². The maximum Gasteiger partial charge on any atom is 0.264 e. The molecular formula is C39H34ClFN8O5S2. The van der Waals surface area contributed by atoms with Crippen LogP contribution in [0.4, 0.5) is 37.7 Å². The number of carbonyl (C=O) groups excluding carboxylic acids is 4. The molecule has 6 aromatic rings. The highest BCUT2D eigenvalue weighted by molar-refractivity contribution is 7.18. The van der Waals surface area contributed by atoms with Crippen molar-refractivity contribution >= 4 is 90.9 Å². The number of ether oxygens (including phenoxy) is 1. The lowest BCUT2D eigenvalue weighted by molar-refractivity contribution is -0.131. The van der Waals surface area contributed by atoms with Crippen molar-refractivity contribution in [2.75, 3.05) is 28.4 Å². The Balaban J connectivity index is 1.40. The molecule has 0 bridgehead atoms. The van der Waals surface area contributed by atoms with Gasteiger partial charge in [0, 0.05) is 22.5 Å². The Bertz CT molecular complexity index is 2430. The number of aromatic nitrogens is 2. The van der Waals surface area contributed by atoms with E-state index in [2.05, 4.69) is 15.3 Å². The van der Waals surface area contributed by atoms with Crippen LogP contribution in [-0.2, 0) is 9.59 Å². The van der Waals surface area contributed by atoms with Crippen LogP contribution in [0.2, 0.25) is 5.02 Å². The maximum atomic E-state index is 15.0. The van der Waals surface area contributed by atoms with Crippen LogP contribution < -0.4 is 37.1 Å². The molecule has 0 aliphatic heterocycles. The number of halogens is 2. The number of methoxy groups -OCH3 is 1. The van der Waals surface area contributed by atoms with E-state index in [9.17, 15) is 19.2 Å². The van der Waals surface area contributed by atoms with Crippen molar-refractivity contribution in [2.24, 2.45) is 5.73 Å². The number of ketones is 2. The first-order valence-corrected chi connectivity index (χ1v) is 18.8. The summed E-state index contributed by atoms with van der Waals surface area (Å²) in [5.41, 5.74) is 17.8. The minimum absolute atomic E-state index is 0.0567. The van der Waals surface area contributed by atoms with Crippen LogP contribution in [0.15, 0.2) is 103 Å². The van der Waals surface area contributed by atoms with E-state index < -0.39 is 40.9 Å². The van der Waals surface area contributed by atoms with Crippen molar-refractivity contribution in [1.82, 2.24) is 15.3 Å². The Kier molecular flexibility index (Phi) is 11.4. The molecule has 0 fully saturated rings. The minimum atomic E-state index is -2.06. The van der Waals surface area contributed by atoms with Gasteiger partial charge in [0.15, 0.2) is 15.9 Å². The molecule has 2 aromatic heterocycles. The van der Waals surface area contributed by atoms with Crippen LogP contribution in [0.5, 0.6) is 5.75 Å². The van der Waals surface area contributed by atoms with Gasteiger partial charge in [-0.25, -0.2) is 14.4 Å². The fourth-order valence-electron chi connectivity index (χ4n) is 5.72. The number of hydrogen-bond acceptors (Lipinski definition) is 13. The molecule has 2 amide bonds. The highest BCUT2D eigenvalue weighted by Crippen LogP contribution is 2.40. The quantitative estimate of drug-likeness (QED) is 0.0673. The smallest absolute Gasteiger partial charge is 0.264 e. The van der Waals surface area contributed by atoms with Gasteiger partial charge in [-0.15, -0.1) is 0 Å². The Hall–Kier alpha value is -6.36.